The fourth-order valence-electron chi connectivity index (χ4n) is 2.87. The van der Waals surface area contributed by atoms with Crippen molar-refractivity contribution in [2.24, 2.45) is 10.8 Å². The van der Waals surface area contributed by atoms with Crippen molar-refractivity contribution in [2.45, 2.75) is 19.0 Å². The van der Waals surface area contributed by atoms with Crippen molar-refractivity contribution in [2.75, 3.05) is 13.7 Å². The fourth-order valence-corrected chi connectivity index (χ4v) is 2.87. The van der Waals surface area contributed by atoms with Crippen LogP contribution in [-0.4, -0.2) is 24.4 Å². The predicted octanol–water partition coefficient (Wildman–Crippen LogP) is 2.96. The maximum Gasteiger partial charge on any atom is 0.124 e. The molecule has 1 aliphatic rings. The topological polar surface area (TPSA) is 50.9 Å². The van der Waals surface area contributed by atoms with Gasteiger partial charge in [0.2, 0.25) is 0 Å². The van der Waals surface area contributed by atoms with Crippen LogP contribution in [0.3, 0.4) is 0 Å². The summed E-state index contributed by atoms with van der Waals surface area (Å²) >= 11 is 0. The van der Waals surface area contributed by atoms with E-state index in [0.29, 0.717) is 6.54 Å². The molecule has 22 heavy (non-hydrogen) atoms. The standard InChI is InChI=1S/C18H21N3O/c1-22-18-10-6-5-9-16(18)17-11-15(12-19)20-21(17)13-14-7-3-2-4-8-14/h2-10,17H,11-13,19H2,1H3. The van der Waals surface area contributed by atoms with Gasteiger partial charge in [0.05, 0.1) is 25.4 Å². The van der Waals surface area contributed by atoms with E-state index in [-0.39, 0.29) is 6.04 Å². The number of hydrogen-bond acceptors (Lipinski definition) is 4. The number of methoxy groups -OCH3 is 1. The minimum absolute atomic E-state index is 0.176. The number of hydrogen-bond donors (Lipinski definition) is 1. The van der Waals surface area contributed by atoms with Crippen LogP contribution < -0.4 is 10.5 Å². The normalized spacial score (nSPS) is 17.5. The van der Waals surface area contributed by atoms with Crippen LogP contribution in [0.4, 0.5) is 0 Å². The largest absolute Gasteiger partial charge is 0.496 e. The number of hydrazone groups is 1. The SMILES string of the molecule is COc1ccccc1C1CC(CN)=NN1Cc1ccccc1. The predicted molar refractivity (Wildman–Crippen MR) is 88.8 cm³/mol. The second-order valence-electron chi connectivity index (χ2n) is 5.42. The summed E-state index contributed by atoms with van der Waals surface area (Å²) in [4.78, 5) is 0. The third kappa shape index (κ3) is 2.97. The molecule has 2 aromatic rings. The van der Waals surface area contributed by atoms with Gasteiger partial charge in [0.25, 0.3) is 0 Å². The van der Waals surface area contributed by atoms with E-state index in [0.717, 1.165) is 30.0 Å². The third-order valence-electron chi connectivity index (χ3n) is 3.98. The van der Waals surface area contributed by atoms with Crippen molar-refractivity contribution < 1.29 is 4.74 Å². The second-order valence-corrected chi connectivity index (χ2v) is 5.42. The zero-order valence-corrected chi connectivity index (χ0v) is 12.8. The average molecular weight is 295 g/mol. The van der Waals surface area contributed by atoms with Gasteiger partial charge in [-0.3, -0.25) is 5.01 Å². The summed E-state index contributed by atoms with van der Waals surface area (Å²) in [5.41, 5.74) is 9.25. The number of nitrogens with two attached hydrogens (primary N) is 1. The van der Waals surface area contributed by atoms with Gasteiger partial charge in [0.1, 0.15) is 5.75 Å². The number of ether oxygens (including phenoxy) is 1. The van der Waals surface area contributed by atoms with Crippen molar-refractivity contribution in [3.63, 3.8) is 0 Å². The summed E-state index contributed by atoms with van der Waals surface area (Å²) in [6.45, 7) is 1.27. The van der Waals surface area contributed by atoms with Gasteiger partial charge in [-0.1, -0.05) is 48.5 Å². The zero-order valence-electron chi connectivity index (χ0n) is 12.8. The molecule has 0 saturated heterocycles. The zero-order chi connectivity index (χ0) is 15.4. The van der Waals surface area contributed by atoms with Crippen LogP contribution in [0.1, 0.15) is 23.6 Å². The molecule has 4 heteroatoms. The Kier molecular flexibility index (Phi) is 4.39. The van der Waals surface area contributed by atoms with Gasteiger partial charge < -0.3 is 10.5 Å². The lowest BCUT2D eigenvalue weighted by atomic mass is 10.0. The van der Waals surface area contributed by atoms with Crippen LogP contribution in [-0.2, 0) is 6.54 Å². The summed E-state index contributed by atoms with van der Waals surface area (Å²) in [7, 11) is 1.71. The molecule has 114 valence electrons. The first-order valence-corrected chi connectivity index (χ1v) is 7.51. The molecule has 0 fully saturated rings. The molecule has 1 unspecified atom stereocenters. The monoisotopic (exact) mass is 295 g/mol. The Labute approximate surface area is 131 Å². The summed E-state index contributed by atoms with van der Waals surface area (Å²) in [5, 5.41) is 6.82. The van der Waals surface area contributed by atoms with Crippen molar-refractivity contribution >= 4 is 5.71 Å². The number of nitrogens with zero attached hydrogens (tertiary/aromatic N) is 2. The van der Waals surface area contributed by atoms with Crippen LogP contribution in [0.25, 0.3) is 0 Å². The molecule has 2 N–H and O–H groups in total. The molecule has 1 aliphatic heterocycles. The van der Waals surface area contributed by atoms with Gasteiger partial charge >= 0.3 is 0 Å². The molecule has 3 rings (SSSR count). The first-order valence-electron chi connectivity index (χ1n) is 7.51. The molecule has 0 aromatic heterocycles. The molecular formula is C18H21N3O. The average Bonchev–Trinajstić information content (AvgIpc) is 2.98. The van der Waals surface area contributed by atoms with Gasteiger partial charge in [0, 0.05) is 18.5 Å². The van der Waals surface area contributed by atoms with Gasteiger partial charge in [-0.15, -0.1) is 0 Å². The number of benzene rings is 2. The Balaban J connectivity index is 1.89. The molecule has 0 aliphatic carbocycles. The van der Waals surface area contributed by atoms with E-state index in [1.165, 1.54) is 5.56 Å². The van der Waals surface area contributed by atoms with Crippen LogP contribution in [0.5, 0.6) is 5.75 Å². The summed E-state index contributed by atoms with van der Waals surface area (Å²) in [6, 6.07) is 18.7. The highest BCUT2D eigenvalue weighted by atomic mass is 16.5. The van der Waals surface area contributed by atoms with Crippen molar-refractivity contribution in [3.8, 4) is 5.75 Å². The van der Waals surface area contributed by atoms with E-state index in [9.17, 15) is 0 Å². The fraction of sp³-hybridized carbons (Fsp3) is 0.278. The molecule has 0 bridgehead atoms. The van der Waals surface area contributed by atoms with Gasteiger partial charge in [-0.2, -0.15) is 5.10 Å². The quantitative estimate of drug-likeness (QED) is 0.922. The van der Waals surface area contributed by atoms with E-state index in [2.05, 4.69) is 35.3 Å². The minimum atomic E-state index is 0.176. The van der Waals surface area contributed by atoms with Crippen molar-refractivity contribution in [1.82, 2.24) is 5.01 Å². The number of rotatable bonds is 5. The van der Waals surface area contributed by atoms with Gasteiger partial charge in [0.15, 0.2) is 0 Å². The summed E-state index contributed by atoms with van der Waals surface area (Å²) in [5.74, 6) is 0.902. The van der Waals surface area contributed by atoms with E-state index < -0.39 is 0 Å². The third-order valence-corrected chi connectivity index (χ3v) is 3.98. The smallest absolute Gasteiger partial charge is 0.124 e. The molecule has 4 nitrogen and oxygen atoms in total. The Hall–Kier alpha value is -2.33. The lowest BCUT2D eigenvalue weighted by Gasteiger charge is -2.25. The maximum absolute atomic E-state index is 5.81. The van der Waals surface area contributed by atoms with Crippen molar-refractivity contribution in [3.05, 3.63) is 65.7 Å². The Morgan fingerprint density at radius 3 is 2.59 bits per heavy atom. The van der Waals surface area contributed by atoms with Crippen LogP contribution in [0.2, 0.25) is 0 Å². The van der Waals surface area contributed by atoms with E-state index >= 15 is 0 Å². The number of para-hydroxylation sites is 1. The van der Waals surface area contributed by atoms with Crippen LogP contribution >= 0.6 is 0 Å². The first kappa shape index (κ1) is 14.6. The first-order chi connectivity index (χ1) is 10.8. The van der Waals surface area contributed by atoms with Gasteiger partial charge in [-0.25, -0.2) is 0 Å². The van der Waals surface area contributed by atoms with Crippen LogP contribution in [0.15, 0.2) is 59.7 Å². The second kappa shape index (κ2) is 6.62. The Morgan fingerprint density at radius 1 is 1.14 bits per heavy atom. The maximum atomic E-state index is 5.81. The molecule has 0 spiro atoms. The summed E-state index contributed by atoms with van der Waals surface area (Å²) in [6.07, 6.45) is 0.851. The highest BCUT2D eigenvalue weighted by molar-refractivity contribution is 5.88. The lowest BCUT2D eigenvalue weighted by Crippen LogP contribution is -2.19. The molecule has 0 amide bonds. The van der Waals surface area contributed by atoms with E-state index in [1.807, 2.05) is 24.3 Å². The van der Waals surface area contributed by atoms with Crippen molar-refractivity contribution in [1.29, 1.82) is 0 Å². The molecule has 0 saturated carbocycles. The van der Waals surface area contributed by atoms with E-state index in [1.54, 1.807) is 7.11 Å². The van der Waals surface area contributed by atoms with Gasteiger partial charge in [-0.05, 0) is 11.6 Å². The Bertz CT molecular complexity index is 654. The molecule has 1 heterocycles. The Morgan fingerprint density at radius 2 is 1.86 bits per heavy atom. The molecule has 2 aromatic carbocycles. The minimum Gasteiger partial charge on any atom is -0.496 e. The molecule has 1 atom stereocenters. The molecular weight excluding hydrogens is 274 g/mol. The lowest BCUT2D eigenvalue weighted by molar-refractivity contribution is 0.219. The highest BCUT2D eigenvalue weighted by Crippen LogP contribution is 2.36. The summed E-state index contributed by atoms with van der Waals surface area (Å²) < 4.78 is 5.52. The highest BCUT2D eigenvalue weighted by Gasteiger charge is 2.29. The molecule has 0 radical (unpaired) electrons. The van der Waals surface area contributed by atoms with E-state index in [4.69, 9.17) is 15.6 Å². The van der Waals surface area contributed by atoms with Crippen LogP contribution in [0, 0.1) is 0 Å².